The van der Waals surface area contributed by atoms with E-state index in [-0.39, 0.29) is 23.1 Å². The Labute approximate surface area is 378 Å². The summed E-state index contributed by atoms with van der Waals surface area (Å²) in [6, 6.07) is 52.3. The Morgan fingerprint density at radius 3 is 1.77 bits per heavy atom. The Morgan fingerprint density at radius 2 is 1.14 bits per heavy atom. The number of aromatic nitrogens is 2. The van der Waals surface area contributed by atoms with E-state index >= 15 is 0 Å². The first-order valence-electron chi connectivity index (χ1n) is 22.9. The molecule has 11 rings (SSSR count). The maximum atomic E-state index is 7.05. The van der Waals surface area contributed by atoms with Gasteiger partial charge in [0.25, 0.3) is 0 Å². The molecule has 0 bridgehead atoms. The van der Waals surface area contributed by atoms with Crippen LogP contribution in [0.1, 0.15) is 90.1 Å². The third-order valence-corrected chi connectivity index (χ3v) is 13.9. The predicted octanol–water partition coefficient (Wildman–Crippen LogP) is 14.7. The fourth-order valence-electron chi connectivity index (χ4n) is 10.5. The number of rotatable bonds is 4. The third kappa shape index (κ3) is 6.07. The molecule has 2 aromatic heterocycles. The molecule has 2 aliphatic heterocycles. The van der Waals surface area contributed by atoms with Gasteiger partial charge in [-0.2, -0.15) is 0 Å². The van der Waals surface area contributed by atoms with E-state index in [0.29, 0.717) is 5.89 Å². The van der Waals surface area contributed by atoms with Crippen molar-refractivity contribution in [2.45, 2.75) is 92.4 Å². The van der Waals surface area contributed by atoms with Crippen molar-refractivity contribution in [2.75, 3.05) is 4.90 Å². The average Bonchev–Trinajstić information content (AvgIpc) is 3.84. The van der Waals surface area contributed by atoms with Crippen molar-refractivity contribution < 1.29 is 4.42 Å². The van der Waals surface area contributed by atoms with Crippen LogP contribution in [0.15, 0.2) is 144 Å². The molecule has 0 fully saturated rings. The highest BCUT2D eigenvalue weighted by Crippen LogP contribution is 2.53. The molecule has 0 spiro atoms. The van der Waals surface area contributed by atoms with Crippen molar-refractivity contribution in [3.05, 3.63) is 167 Å². The van der Waals surface area contributed by atoms with E-state index in [2.05, 4.69) is 225 Å². The van der Waals surface area contributed by atoms with Crippen LogP contribution in [0.4, 0.5) is 17.1 Å². The second kappa shape index (κ2) is 14.0. The second-order valence-corrected chi connectivity index (χ2v) is 21.4. The van der Waals surface area contributed by atoms with Crippen LogP contribution >= 0.6 is 0 Å². The van der Waals surface area contributed by atoms with E-state index in [0.717, 1.165) is 44.4 Å². The normalized spacial score (nSPS) is 13.5. The van der Waals surface area contributed by atoms with Crippen molar-refractivity contribution in [3.63, 3.8) is 0 Å². The first-order chi connectivity index (χ1) is 30.5. The summed E-state index contributed by atoms with van der Waals surface area (Å²) < 4.78 is 9.75. The van der Waals surface area contributed by atoms with Gasteiger partial charge in [-0.15, -0.1) is 0 Å². The number of benzene rings is 7. The van der Waals surface area contributed by atoms with Crippen LogP contribution in [0.25, 0.3) is 67.0 Å². The molecule has 0 saturated heterocycles. The lowest BCUT2D eigenvalue weighted by Gasteiger charge is -2.42. The minimum Gasteiger partial charge on any atom is -0.436 e. The molecule has 4 nitrogen and oxygen atoms in total. The highest BCUT2D eigenvalue weighted by atomic mass is 16.3. The van der Waals surface area contributed by atoms with E-state index in [1.165, 1.54) is 72.5 Å². The van der Waals surface area contributed by atoms with Gasteiger partial charge >= 0.3 is 6.85 Å². The van der Waals surface area contributed by atoms with Crippen molar-refractivity contribution in [1.82, 2.24) is 9.46 Å². The number of fused-ring (bicyclic) bond motifs is 6. The smallest absolute Gasteiger partial charge is 0.333 e. The predicted molar refractivity (Wildman–Crippen MR) is 272 cm³/mol. The lowest BCUT2D eigenvalue weighted by atomic mass is 9.44. The van der Waals surface area contributed by atoms with E-state index in [4.69, 9.17) is 9.40 Å². The zero-order chi connectivity index (χ0) is 44.6. The topological polar surface area (TPSA) is 34.2 Å². The molecule has 316 valence electrons. The van der Waals surface area contributed by atoms with Crippen LogP contribution in [0.5, 0.6) is 0 Å². The molecule has 4 heterocycles. The quantitative estimate of drug-likeness (QED) is 0.166. The maximum Gasteiger partial charge on any atom is 0.333 e. The van der Waals surface area contributed by atoms with Crippen LogP contribution in [0.2, 0.25) is 0 Å². The molecule has 0 amide bonds. The summed E-state index contributed by atoms with van der Waals surface area (Å²) in [7, 11) is 0. The third-order valence-electron chi connectivity index (χ3n) is 13.9. The van der Waals surface area contributed by atoms with E-state index in [9.17, 15) is 0 Å². The Kier molecular flexibility index (Phi) is 8.77. The zero-order valence-electron chi connectivity index (χ0n) is 39.1. The Bertz CT molecular complexity index is 3310. The van der Waals surface area contributed by atoms with E-state index in [1.54, 1.807) is 0 Å². The second-order valence-electron chi connectivity index (χ2n) is 21.4. The SMILES string of the molecule is Cc1cccc(C)c1-c1nc2c(cc3c4c2c(-c2ccccc2)c(-c2ccccc2)n4B2c4cc(C(C)(C)C)ccc4N(c4ccc(C(C)(C)C)cc4)c4cc(C(C)(C)C)cc-3c42)o1. The maximum absolute atomic E-state index is 7.05. The monoisotopic (exact) mass is 833 g/mol. The molecule has 7 aromatic carbocycles. The van der Waals surface area contributed by atoms with Crippen molar-refractivity contribution in [1.29, 1.82) is 0 Å². The summed E-state index contributed by atoms with van der Waals surface area (Å²) in [5.74, 6) is 0.659. The van der Waals surface area contributed by atoms with Crippen molar-refractivity contribution in [3.8, 4) is 45.0 Å². The number of hydrogen-bond acceptors (Lipinski definition) is 3. The van der Waals surface area contributed by atoms with Crippen LogP contribution in [0, 0.1) is 13.8 Å². The lowest BCUT2D eigenvalue weighted by molar-refractivity contribution is 0.589. The van der Waals surface area contributed by atoms with Gasteiger partial charge in [-0.3, -0.25) is 0 Å². The minimum absolute atomic E-state index is 0.0357. The van der Waals surface area contributed by atoms with Crippen LogP contribution in [0.3, 0.4) is 0 Å². The summed E-state index contributed by atoms with van der Waals surface area (Å²) in [5.41, 5.74) is 23.3. The first kappa shape index (κ1) is 40.2. The van der Waals surface area contributed by atoms with Gasteiger partial charge in [0.2, 0.25) is 5.89 Å². The molecule has 64 heavy (non-hydrogen) atoms. The molecular formula is C59H56BN3O. The van der Waals surface area contributed by atoms with Gasteiger partial charge < -0.3 is 13.8 Å². The van der Waals surface area contributed by atoms with Crippen LogP contribution in [-0.2, 0) is 16.2 Å². The molecule has 0 radical (unpaired) electrons. The summed E-state index contributed by atoms with van der Waals surface area (Å²) in [4.78, 5) is 8.09. The molecular weight excluding hydrogens is 777 g/mol. The fourth-order valence-corrected chi connectivity index (χ4v) is 10.5. The van der Waals surface area contributed by atoms with Crippen molar-refractivity contribution in [2.24, 2.45) is 0 Å². The van der Waals surface area contributed by atoms with Gasteiger partial charge in [0.1, 0.15) is 5.52 Å². The van der Waals surface area contributed by atoms with E-state index in [1.807, 2.05) is 0 Å². The minimum atomic E-state index is -0.147. The fraction of sp³-hybridized carbons (Fsp3) is 0.237. The summed E-state index contributed by atoms with van der Waals surface area (Å²) in [6.45, 7) is 25.1. The summed E-state index contributed by atoms with van der Waals surface area (Å²) >= 11 is 0. The highest BCUT2D eigenvalue weighted by molar-refractivity contribution is 6.90. The van der Waals surface area contributed by atoms with Gasteiger partial charge in [-0.05, 0) is 116 Å². The first-order valence-corrected chi connectivity index (χ1v) is 22.9. The molecule has 0 atom stereocenters. The van der Waals surface area contributed by atoms with Gasteiger partial charge in [-0.25, -0.2) is 4.98 Å². The Hall–Kier alpha value is -6.59. The number of nitrogens with zero attached hydrogens (tertiary/aromatic N) is 3. The van der Waals surface area contributed by atoms with Gasteiger partial charge in [0.05, 0.1) is 0 Å². The molecule has 9 aromatic rings. The number of hydrogen-bond donors (Lipinski definition) is 0. The Balaban J connectivity index is 1.36. The molecule has 5 heteroatoms. The standard InChI is InChI=1S/C59H56BN3O/c1-35-19-18-20-36(2)49(35)56-61-53-48(64-56)34-44-43-31-41(59(9,10)11)33-47-52(43)60(63-54(38-23-16-13-17-24-38)50(51(53)55(44)63)37-21-14-12-15-22-37)45-32-40(58(6,7)8)27-30-46(45)62(47)42-28-25-39(26-29-42)57(3,4)5/h12-34H,1-11H3. The summed E-state index contributed by atoms with van der Waals surface area (Å²) in [6.07, 6.45) is 0. The number of oxazole rings is 1. The molecule has 2 aliphatic rings. The molecule has 0 unspecified atom stereocenters. The highest BCUT2D eigenvalue weighted by Gasteiger charge is 2.46. The summed E-state index contributed by atoms with van der Waals surface area (Å²) in [5, 5.41) is 1.13. The van der Waals surface area contributed by atoms with Crippen LogP contribution in [-0.4, -0.2) is 16.3 Å². The molecule has 0 aliphatic carbocycles. The van der Waals surface area contributed by atoms with Gasteiger partial charge in [-0.1, -0.05) is 172 Å². The van der Waals surface area contributed by atoms with Crippen molar-refractivity contribution >= 4 is 56.8 Å². The van der Waals surface area contributed by atoms with Gasteiger partial charge in [0.15, 0.2) is 5.58 Å². The number of anilines is 3. The van der Waals surface area contributed by atoms with Gasteiger partial charge in [0, 0.05) is 50.3 Å². The Morgan fingerprint density at radius 1 is 0.531 bits per heavy atom. The average molecular weight is 834 g/mol. The number of aryl methyl sites for hydroxylation is 2. The molecule has 0 saturated carbocycles. The lowest BCUT2D eigenvalue weighted by Crippen LogP contribution is -2.57. The van der Waals surface area contributed by atoms with E-state index < -0.39 is 0 Å². The largest absolute Gasteiger partial charge is 0.436 e. The zero-order valence-corrected chi connectivity index (χ0v) is 39.1. The molecule has 0 N–H and O–H groups in total. The van der Waals surface area contributed by atoms with Crippen LogP contribution < -0.4 is 15.8 Å².